The Balaban J connectivity index is 2.72. The van der Waals surface area contributed by atoms with E-state index >= 15 is 0 Å². The van der Waals surface area contributed by atoms with Gasteiger partial charge in [-0.25, -0.2) is 0 Å². The highest BCUT2D eigenvalue weighted by Gasteiger charge is 2.18. The first-order valence-electron chi connectivity index (χ1n) is 6.25. The van der Waals surface area contributed by atoms with Gasteiger partial charge < -0.3 is 20.3 Å². The van der Waals surface area contributed by atoms with Crippen molar-refractivity contribution >= 4 is 5.97 Å². The van der Waals surface area contributed by atoms with Crippen molar-refractivity contribution in [3.05, 3.63) is 35.4 Å². The normalized spacial score (nSPS) is 13.9. The third kappa shape index (κ3) is 4.98. The fraction of sp³-hybridized carbons (Fsp3) is 0.500. The highest BCUT2D eigenvalue weighted by atomic mass is 16.5. The molecule has 0 saturated heterocycles. The summed E-state index contributed by atoms with van der Waals surface area (Å²) < 4.78 is 4.60. The minimum Gasteiger partial charge on any atom is -0.469 e. The molecule has 2 unspecified atom stereocenters. The number of aliphatic hydroxyl groups is 2. The van der Waals surface area contributed by atoms with Gasteiger partial charge in [0.25, 0.3) is 0 Å². The van der Waals surface area contributed by atoms with Gasteiger partial charge in [-0.05, 0) is 31.1 Å². The smallest absolute Gasteiger partial charge is 0.309 e. The van der Waals surface area contributed by atoms with Gasteiger partial charge in [-0.2, -0.15) is 0 Å². The van der Waals surface area contributed by atoms with E-state index < -0.39 is 12.2 Å². The highest BCUT2D eigenvalue weighted by Crippen LogP contribution is 2.20. The Labute approximate surface area is 113 Å². The van der Waals surface area contributed by atoms with Gasteiger partial charge in [-0.3, -0.25) is 4.79 Å². The first-order chi connectivity index (χ1) is 9.08. The number of nitrogens with one attached hydrogen (secondary N) is 1. The maximum Gasteiger partial charge on any atom is 0.309 e. The molecule has 1 aromatic carbocycles. The van der Waals surface area contributed by atoms with Gasteiger partial charge in [-0.15, -0.1) is 0 Å². The average Bonchev–Trinajstić information content (AvgIpc) is 2.44. The zero-order chi connectivity index (χ0) is 14.3. The Morgan fingerprint density at radius 3 is 2.79 bits per heavy atom. The van der Waals surface area contributed by atoms with E-state index in [0.29, 0.717) is 18.5 Å². The van der Waals surface area contributed by atoms with Crippen LogP contribution in [0.5, 0.6) is 0 Å². The van der Waals surface area contributed by atoms with Crippen LogP contribution in [-0.2, 0) is 16.0 Å². The molecule has 0 aliphatic heterocycles. The molecule has 0 amide bonds. The standard InChI is InChI=1S/C14H21NO4/c1-15-7-6-12(16)14(18)11-5-3-4-10(8-11)9-13(17)19-2/h3-5,8,12,14-16,18H,6-7,9H2,1-2H3. The van der Waals surface area contributed by atoms with Crippen molar-refractivity contribution in [3.8, 4) is 0 Å². The van der Waals surface area contributed by atoms with E-state index in [0.717, 1.165) is 5.56 Å². The maximum absolute atomic E-state index is 11.2. The summed E-state index contributed by atoms with van der Waals surface area (Å²) in [5, 5.41) is 22.8. The Kier molecular flexibility index (Phi) is 6.49. The Bertz CT molecular complexity index is 408. The number of carbonyl (C=O) groups excluding carboxylic acids is 1. The number of rotatable bonds is 7. The lowest BCUT2D eigenvalue weighted by atomic mass is 9.99. The number of carbonyl (C=O) groups is 1. The molecule has 106 valence electrons. The molecule has 0 radical (unpaired) electrons. The van der Waals surface area contributed by atoms with Gasteiger partial charge >= 0.3 is 5.97 Å². The number of benzene rings is 1. The van der Waals surface area contributed by atoms with Crippen LogP contribution in [0.2, 0.25) is 0 Å². The van der Waals surface area contributed by atoms with Crippen molar-refractivity contribution in [2.45, 2.75) is 25.0 Å². The molecule has 3 N–H and O–H groups in total. The van der Waals surface area contributed by atoms with E-state index in [9.17, 15) is 15.0 Å². The van der Waals surface area contributed by atoms with Crippen LogP contribution in [0.1, 0.15) is 23.7 Å². The summed E-state index contributed by atoms with van der Waals surface area (Å²) >= 11 is 0. The van der Waals surface area contributed by atoms with E-state index in [1.54, 1.807) is 31.3 Å². The molecule has 5 heteroatoms. The van der Waals surface area contributed by atoms with Crippen molar-refractivity contribution in [1.29, 1.82) is 0 Å². The summed E-state index contributed by atoms with van der Waals surface area (Å²) in [6.07, 6.45) is -1.17. The molecular formula is C14H21NO4. The third-order valence-electron chi connectivity index (χ3n) is 2.92. The van der Waals surface area contributed by atoms with Gasteiger partial charge in [0.05, 0.1) is 19.6 Å². The van der Waals surface area contributed by atoms with Crippen LogP contribution < -0.4 is 5.32 Å². The minimum atomic E-state index is -0.953. The molecule has 0 aromatic heterocycles. The second-order valence-electron chi connectivity index (χ2n) is 4.40. The molecular weight excluding hydrogens is 246 g/mol. The number of esters is 1. The lowest BCUT2D eigenvalue weighted by molar-refractivity contribution is -0.139. The van der Waals surface area contributed by atoms with Gasteiger partial charge in [-0.1, -0.05) is 24.3 Å². The van der Waals surface area contributed by atoms with Gasteiger partial charge in [0, 0.05) is 0 Å². The molecule has 5 nitrogen and oxygen atoms in total. The summed E-state index contributed by atoms with van der Waals surface area (Å²) in [6.45, 7) is 0.625. The van der Waals surface area contributed by atoms with E-state index in [-0.39, 0.29) is 12.4 Å². The molecule has 1 rings (SSSR count). The van der Waals surface area contributed by atoms with Gasteiger partial charge in [0.15, 0.2) is 0 Å². The number of hydrogen-bond acceptors (Lipinski definition) is 5. The van der Waals surface area contributed by atoms with E-state index in [1.165, 1.54) is 7.11 Å². The second kappa shape index (κ2) is 7.89. The number of hydrogen-bond donors (Lipinski definition) is 3. The monoisotopic (exact) mass is 267 g/mol. The van der Waals surface area contributed by atoms with Crippen LogP contribution in [0.25, 0.3) is 0 Å². The van der Waals surface area contributed by atoms with Crippen molar-refractivity contribution in [3.63, 3.8) is 0 Å². The minimum absolute atomic E-state index is 0.156. The van der Waals surface area contributed by atoms with Crippen LogP contribution in [0.3, 0.4) is 0 Å². The number of methoxy groups -OCH3 is 1. The summed E-state index contributed by atoms with van der Waals surface area (Å²) in [6, 6.07) is 6.98. The zero-order valence-electron chi connectivity index (χ0n) is 11.3. The van der Waals surface area contributed by atoms with Crippen molar-refractivity contribution in [2.75, 3.05) is 20.7 Å². The molecule has 0 spiro atoms. The number of aliphatic hydroxyl groups excluding tert-OH is 2. The van der Waals surface area contributed by atoms with Crippen LogP contribution >= 0.6 is 0 Å². The van der Waals surface area contributed by atoms with Crippen molar-refractivity contribution < 1.29 is 19.7 Å². The second-order valence-corrected chi connectivity index (χ2v) is 4.40. The van der Waals surface area contributed by atoms with Crippen molar-refractivity contribution in [1.82, 2.24) is 5.32 Å². The maximum atomic E-state index is 11.2. The first kappa shape index (κ1) is 15.6. The fourth-order valence-electron chi connectivity index (χ4n) is 1.80. The van der Waals surface area contributed by atoms with E-state index in [2.05, 4.69) is 10.1 Å². The number of ether oxygens (including phenoxy) is 1. The first-order valence-corrected chi connectivity index (χ1v) is 6.25. The molecule has 0 aliphatic carbocycles. The predicted molar refractivity (Wildman–Crippen MR) is 71.7 cm³/mol. The quantitative estimate of drug-likeness (QED) is 0.623. The summed E-state index contributed by atoms with van der Waals surface area (Å²) in [5.41, 5.74) is 1.36. The van der Waals surface area contributed by atoms with Crippen molar-refractivity contribution in [2.24, 2.45) is 0 Å². The molecule has 19 heavy (non-hydrogen) atoms. The summed E-state index contributed by atoms with van der Waals surface area (Å²) in [7, 11) is 3.12. The van der Waals surface area contributed by atoms with Crippen LogP contribution in [-0.4, -0.2) is 43.0 Å². The lowest BCUT2D eigenvalue weighted by Crippen LogP contribution is -2.23. The molecule has 0 saturated carbocycles. The van der Waals surface area contributed by atoms with Gasteiger partial charge in [0.2, 0.25) is 0 Å². The molecule has 2 atom stereocenters. The Hall–Kier alpha value is -1.43. The average molecular weight is 267 g/mol. The lowest BCUT2D eigenvalue weighted by Gasteiger charge is -2.18. The van der Waals surface area contributed by atoms with Crippen LogP contribution in [0.15, 0.2) is 24.3 Å². The molecule has 0 bridgehead atoms. The largest absolute Gasteiger partial charge is 0.469 e. The van der Waals surface area contributed by atoms with Gasteiger partial charge in [0.1, 0.15) is 6.10 Å². The Morgan fingerprint density at radius 1 is 1.42 bits per heavy atom. The van der Waals surface area contributed by atoms with E-state index in [1.807, 2.05) is 0 Å². The molecule has 0 aliphatic rings. The third-order valence-corrected chi connectivity index (χ3v) is 2.92. The molecule has 0 heterocycles. The zero-order valence-corrected chi connectivity index (χ0v) is 11.3. The molecule has 1 aromatic rings. The predicted octanol–water partition coefficient (Wildman–Crippen LogP) is 0.406. The summed E-state index contributed by atoms with van der Waals surface area (Å²) in [4.78, 5) is 11.2. The Morgan fingerprint density at radius 2 is 2.16 bits per heavy atom. The van der Waals surface area contributed by atoms with Crippen LogP contribution in [0, 0.1) is 0 Å². The fourth-order valence-corrected chi connectivity index (χ4v) is 1.80. The van der Waals surface area contributed by atoms with Crippen LogP contribution in [0.4, 0.5) is 0 Å². The topological polar surface area (TPSA) is 78.8 Å². The highest BCUT2D eigenvalue weighted by molar-refractivity contribution is 5.72. The van der Waals surface area contributed by atoms with E-state index in [4.69, 9.17) is 0 Å². The summed E-state index contributed by atoms with van der Waals surface area (Å²) in [5.74, 6) is -0.331. The molecule has 0 fully saturated rings. The SMILES string of the molecule is CNCCC(O)C(O)c1cccc(CC(=O)OC)c1.